The lowest BCUT2D eigenvalue weighted by Gasteiger charge is -2.17. The molecule has 145 valence electrons. The van der Waals surface area contributed by atoms with Crippen molar-refractivity contribution >= 4 is 0 Å². The molecule has 0 heterocycles. The summed E-state index contributed by atoms with van der Waals surface area (Å²) in [4.78, 5) is 0. The van der Waals surface area contributed by atoms with Crippen LogP contribution < -0.4 is 0 Å². The minimum Gasteiger partial charge on any atom is -0.0654 e. The third-order valence-electron chi connectivity index (χ3n) is 5.54. The van der Waals surface area contributed by atoms with Gasteiger partial charge in [-0.15, -0.1) is 0 Å². The Balaban J connectivity index is 3.59. The molecule has 0 aromatic rings. The summed E-state index contributed by atoms with van der Waals surface area (Å²) in [5, 5.41) is 0. The third-order valence-corrected chi connectivity index (χ3v) is 5.54. The van der Waals surface area contributed by atoms with Crippen molar-refractivity contribution in [2.24, 2.45) is 5.92 Å². The van der Waals surface area contributed by atoms with E-state index in [0.29, 0.717) is 0 Å². The van der Waals surface area contributed by atoms with Crippen molar-refractivity contribution in [1.29, 1.82) is 0 Å². The van der Waals surface area contributed by atoms with E-state index in [1.165, 1.54) is 122 Å². The highest BCUT2D eigenvalue weighted by Crippen LogP contribution is 2.24. The van der Waals surface area contributed by atoms with E-state index < -0.39 is 0 Å². The zero-order valence-corrected chi connectivity index (χ0v) is 17.4. The Hall–Kier alpha value is 0. The summed E-state index contributed by atoms with van der Waals surface area (Å²) in [6.07, 6.45) is 28.7. The molecule has 0 aliphatic rings. The number of hydrogen-bond acceptors (Lipinski definition) is 0. The van der Waals surface area contributed by atoms with E-state index in [-0.39, 0.29) is 0 Å². The molecule has 24 heavy (non-hydrogen) atoms. The van der Waals surface area contributed by atoms with Gasteiger partial charge in [0.25, 0.3) is 0 Å². The first kappa shape index (κ1) is 24.0. The van der Waals surface area contributed by atoms with E-state index in [9.17, 15) is 0 Å². The summed E-state index contributed by atoms with van der Waals surface area (Å²) < 4.78 is 0. The molecule has 0 rings (SSSR count). The fourth-order valence-corrected chi connectivity index (χ4v) is 3.82. The lowest BCUT2D eigenvalue weighted by molar-refractivity contribution is 0.369. The van der Waals surface area contributed by atoms with E-state index in [1.807, 2.05) is 0 Å². The highest BCUT2D eigenvalue weighted by atomic mass is 14.1. The van der Waals surface area contributed by atoms with Crippen LogP contribution in [0.2, 0.25) is 0 Å². The van der Waals surface area contributed by atoms with Gasteiger partial charge in [-0.3, -0.25) is 0 Å². The number of unbranched alkanes of at least 4 members (excludes halogenated alkanes) is 14. The Morgan fingerprint density at radius 2 is 0.792 bits per heavy atom. The molecule has 0 saturated heterocycles. The average molecular weight is 338 g/mol. The summed E-state index contributed by atoms with van der Waals surface area (Å²) in [6.45, 7) is 8.61. The Labute approximate surface area is 155 Å². The van der Waals surface area contributed by atoms with Crippen molar-refractivity contribution in [2.45, 2.75) is 142 Å². The van der Waals surface area contributed by atoms with E-state index in [2.05, 4.69) is 20.8 Å². The van der Waals surface area contributed by atoms with E-state index in [4.69, 9.17) is 0 Å². The first-order valence-corrected chi connectivity index (χ1v) is 11.6. The monoisotopic (exact) mass is 337 g/mol. The van der Waals surface area contributed by atoms with Crippen LogP contribution in [-0.4, -0.2) is 0 Å². The van der Waals surface area contributed by atoms with Gasteiger partial charge in [0.1, 0.15) is 0 Å². The summed E-state index contributed by atoms with van der Waals surface area (Å²) in [6, 6.07) is 0. The van der Waals surface area contributed by atoms with Crippen molar-refractivity contribution < 1.29 is 0 Å². The van der Waals surface area contributed by atoms with Gasteiger partial charge in [-0.2, -0.15) is 0 Å². The first-order chi connectivity index (χ1) is 11.8. The summed E-state index contributed by atoms with van der Waals surface area (Å²) >= 11 is 0. The minimum atomic E-state index is 1.02. The molecule has 0 amide bonds. The van der Waals surface area contributed by atoms with E-state index >= 15 is 0 Å². The van der Waals surface area contributed by atoms with Gasteiger partial charge < -0.3 is 0 Å². The molecule has 0 fully saturated rings. The van der Waals surface area contributed by atoms with Gasteiger partial charge >= 0.3 is 0 Å². The van der Waals surface area contributed by atoms with Gasteiger partial charge in [0, 0.05) is 0 Å². The van der Waals surface area contributed by atoms with Crippen LogP contribution in [0.5, 0.6) is 0 Å². The maximum absolute atomic E-state index is 4.00. The van der Waals surface area contributed by atoms with Crippen molar-refractivity contribution in [3.63, 3.8) is 0 Å². The predicted octanol–water partition coefficient (Wildman–Crippen LogP) is 9.28. The van der Waals surface area contributed by atoms with Crippen LogP contribution >= 0.6 is 0 Å². The van der Waals surface area contributed by atoms with Gasteiger partial charge in [0.2, 0.25) is 0 Å². The molecule has 0 spiro atoms. The van der Waals surface area contributed by atoms with Gasteiger partial charge in [-0.25, -0.2) is 0 Å². The van der Waals surface area contributed by atoms with Crippen LogP contribution in [0.15, 0.2) is 0 Å². The average Bonchev–Trinajstić information content (AvgIpc) is 2.59. The molecule has 0 aromatic carbocycles. The zero-order chi connectivity index (χ0) is 17.7. The third kappa shape index (κ3) is 18.3. The van der Waals surface area contributed by atoms with Crippen LogP contribution in [0, 0.1) is 12.8 Å². The quantitative estimate of drug-likeness (QED) is 0.194. The molecule has 0 aliphatic heterocycles. The number of rotatable bonds is 20. The molecule has 0 aliphatic carbocycles. The molecule has 1 atom stereocenters. The maximum Gasteiger partial charge on any atom is -0.0414 e. The van der Waals surface area contributed by atoms with Crippen molar-refractivity contribution in [1.82, 2.24) is 0 Å². The van der Waals surface area contributed by atoms with Gasteiger partial charge in [-0.05, 0) is 5.92 Å². The normalized spacial score (nSPS) is 12.6. The fourth-order valence-electron chi connectivity index (χ4n) is 3.82. The second-order valence-corrected chi connectivity index (χ2v) is 8.04. The zero-order valence-electron chi connectivity index (χ0n) is 17.4. The summed E-state index contributed by atoms with van der Waals surface area (Å²) in [7, 11) is 0. The largest absolute Gasteiger partial charge is 0.0654 e. The van der Waals surface area contributed by atoms with E-state index in [1.54, 1.807) is 0 Å². The van der Waals surface area contributed by atoms with Crippen LogP contribution in [0.1, 0.15) is 142 Å². The number of hydrogen-bond donors (Lipinski definition) is 0. The second-order valence-electron chi connectivity index (χ2n) is 8.04. The van der Waals surface area contributed by atoms with Crippen LogP contribution in [-0.2, 0) is 0 Å². The smallest absolute Gasteiger partial charge is 0.0414 e. The highest BCUT2D eigenvalue weighted by Gasteiger charge is 2.08. The molecule has 1 unspecified atom stereocenters. The lowest BCUT2D eigenvalue weighted by atomic mass is 9.89. The van der Waals surface area contributed by atoms with Crippen LogP contribution in [0.4, 0.5) is 0 Å². The van der Waals surface area contributed by atoms with Gasteiger partial charge in [0.05, 0.1) is 0 Å². The fraction of sp³-hybridized carbons (Fsp3) is 0.958. The Kier molecular flexibility index (Phi) is 21.0. The molecule has 0 bridgehead atoms. The maximum atomic E-state index is 4.00. The second kappa shape index (κ2) is 21.0. The Morgan fingerprint density at radius 1 is 0.458 bits per heavy atom. The van der Waals surface area contributed by atoms with Crippen molar-refractivity contribution in [3.05, 3.63) is 6.92 Å². The molecule has 0 N–H and O–H groups in total. The lowest BCUT2D eigenvalue weighted by Crippen LogP contribution is -2.01. The van der Waals surface area contributed by atoms with Gasteiger partial charge in [-0.1, -0.05) is 149 Å². The SMILES string of the molecule is [CH2]CCCCC(CCCCCCC)CCCCCCCCCCC. The predicted molar refractivity (Wildman–Crippen MR) is 113 cm³/mol. The summed E-state index contributed by atoms with van der Waals surface area (Å²) in [5.74, 6) is 1.02. The van der Waals surface area contributed by atoms with Crippen molar-refractivity contribution in [2.75, 3.05) is 0 Å². The topological polar surface area (TPSA) is 0 Å². The standard InChI is InChI=1S/C24H49/c1-4-7-10-12-13-14-15-17-20-23-24(21-18-9-6-3)22-19-16-11-8-5-2/h24H,3-23H2,1-2H3. The molecular weight excluding hydrogens is 288 g/mol. The minimum absolute atomic E-state index is 1.02. The molecule has 0 heteroatoms. The first-order valence-electron chi connectivity index (χ1n) is 11.6. The molecule has 0 saturated carbocycles. The molecular formula is C24H49. The summed E-state index contributed by atoms with van der Waals surface area (Å²) in [5.41, 5.74) is 0. The van der Waals surface area contributed by atoms with Gasteiger partial charge in [0.15, 0.2) is 0 Å². The Bertz CT molecular complexity index is 208. The molecule has 1 radical (unpaired) electrons. The highest BCUT2D eigenvalue weighted by molar-refractivity contribution is 4.62. The van der Waals surface area contributed by atoms with Crippen LogP contribution in [0.25, 0.3) is 0 Å². The Morgan fingerprint density at radius 3 is 1.17 bits per heavy atom. The molecule has 0 aromatic heterocycles. The van der Waals surface area contributed by atoms with Crippen LogP contribution in [0.3, 0.4) is 0 Å². The van der Waals surface area contributed by atoms with Crippen molar-refractivity contribution in [3.8, 4) is 0 Å². The van der Waals surface area contributed by atoms with E-state index in [0.717, 1.165) is 12.3 Å². The molecule has 0 nitrogen and oxygen atoms in total.